The SMILES string of the molecule is COc1ccc(C2=N[C@H](c3ccc(Cl)cc3)[C@H](c3ccc(Cl)cc3)N2C(=O)N2CCNC(=O)C2)c(OC(C)C)c1.NC(=O)Nc1cc(-c2cccc(F)c2)sc1C(=O)N[C@H]1CCCNC1. The fourth-order valence-electron chi connectivity index (χ4n) is 7.77. The van der Waals surface area contributed by atoms with E-state index >= 15 is 0 Å². The highest BCUT2D eigenvalue weighted by atomic mass is 35.5. The van der Waals surface area contributed by atoms with E-state index in [0.29, 0.717) is 73.6 Å². The molecule has 4 heterocycles. The number of halogens is 3. The number of methoxy groups -OCH3 is 1. The maximum absolute atomic E-state index is 14.3. The van der Waals surface area contributed by atoms with Crippen LogP contribution in [-0.2, 0) is 4.79 Å². The molecule has 8 rings (SSSR count). The lowest BCUT2D eigenvalue weighted by molar-refractivity contribution is -0.123. The van der Waals surface area contributed by atoms with Crippen LogP contribution in [0.3, 0.4) is 0 Å². The average Bonchev–Trinajstić information content (AvgIpc) is 3.89. The molecule has 5 aromatic rings. The number of rotatable bonds is 10. The van der Waals surface area contributed by atoms with Crippen molar-refractivity contribution in [2.24, 2.45) is 10.7 Å². The van der Waals surface area contributed by atoms with Gasteiger partial charge in [0.25, 0.3) is 5.91 Å². The summed E-state index contributed by atoms with van der Waals surface area (Å²) in [7, 11) is 1.59. The minimum absolute atomic E-state index is 0.0421. The average molecular weight is 944 g/mol. The van der Waals surface area contributed by atoms with Crippen LogP contribution in [-0.4, -0.2) is 91.5 Å². The molecule has 14 nitrogen and oxygen atoms in total. The zero-order chi connectivity index (χ0) is 46.2. The molecule has 0 aliphatic carbocycles. The molecule has 2 fully saturated rings. The van der Waals surface area contributed by atoms with Crippen molar-refractivity contribution in [1.82, 2.24) is 25.8 Å². The van der Waals surface area contributed by atoms with E-state index in [1.165, 1.54) is 23.5 Å². The number of piperazine rings is 1. The smallest absolute Gasteiger partial charge is 0.326 e. The zero-order valence-electron chi connectivity index (χ0n) is 35.9. The van der Waals surface area contributed by atoms with Gasteiger partial charge < -0.3 is 41.4 Å². The molecular formula is C47H49Cl2FN8O6S. The number of carbonyl (C=O) groups is 4. The summed E-state index contributed by atoms with van der Waals surface area (Å²) in [5.74, 6) is 0.748. The number of carbonyl (C=O) groups excluding carboxylic acids is 4. The second-order valence-electron chi connectivity index (χ2n) is 15.8. The van der Waals surface area contributed by atoms with E-state index in [1.807, 2.05) is 62.4 Å². The zero-order valence-corrected chi connectivity index (χ0v) is 38.2. The Morgan fingerprint density at radius 2 is 1.68 bits per heavy atom. The number of hydrogen-bond acceptors (Lipinski definition) is 9. The van der Waals surface area contributed by atoms with Crippen LogP contribution in [0.25, 0.3) is 10.4 Å². The Kier molecular flexibility index (Phi) is 15.3. The van der Waals surface area contributed by atoms with E-state index in [1.54, 1.807) is 53.3 Å². The number of thiophene rings is 1. The molecular weight excluding hydrogens is 895 g/mol. The van der Waals surface area contributed by atoms with Gasteiger partial charge in [0.1, 0.15) is 40.6 Å². The molecule has 1 aromatic heterocycles. The first-order valence-corrected chi connectivity index (χ1v) is 22.6. The molecule has 65 heavy (non-hydrogen) atoms. The fraction of sp³-hybridized carbons (Fsp3) is 0.298. The molecule has 0 unspecified atom stereocenters. The second kappa shape index (κ2) is 21.2. The summed E-state index contributed by atoms with van der Waals surface area (Å²) in [5, 5.41) is 12.6. The number of urea groups is 2. The van der Waals surface area contributed by atoms with Crippen molar-refractivity contribution in [3.8, 4) is 21.9 Å². The molecule has 0 spiro atoms. The van der Waals surface area contributed by atoms with Gasteiger partial charge in [-0.3, -0.25) is 19.5 Å². The van der Waals surface area contributed by atoms with Gasteiger partial charge in [0, 0.05) is 46.7 Å². The van der Waals surface area contributed by atoms with Gasteiger partial charge in [-0.15, -0.1) is 11.3 Å². The van der Waals surface area contributed by atoms with E-state index in [9.17, 15) is 23.6 Å². The van der Waals surface area contributed by atoms with Gasteiger partial charge in [-0.1, -0.05) is 59.6 Å². The third-order valence-electron chi connectivity index (χ3n) is 10.7. The first-order valence-electron chi connectivity index (χ1n) is 21.0. The molecule has 340 valence electrons. The number of piperidine rings is 1. The number of anilines is 1. The van der Waals surface area contributed by atoms with Crippen LogP contribution < -0.4 is 36.5 Å². The maximum atomic E-state index is 14.3. The van der Waals surface area contributed by atoms with Gasteiger partial charge in [-0.05, 0) is 105 Å². The van der Waals surface area contributed by atoms with Crippen molar-refractivity contribution < 1.29 is 33.0 Å². The van der Waals surface area contributed by atoms with E-state index in [0.717, 1.165) is 30.5 Å². The minimum Gasteiger partial charge on any atom is -0.497 e. The lowest BCUT2D eigenvalue weighted by atomic mass is 9.93. The molecule has 6 N–H and O–H groups in total. The molecule has 6 amide bonds. The van der Waals surface area contributed by atoms with E-state index in [2.05, 4.69) is 21.3 Å². The third kappa shape index (κ3) is 11.6. The first kappa shape index (κ1) is 46.8. The van der Waals surface area contributed by atoms with Crippen molar-refractivity contribution in [1.29, 1.82) is 0 Å². The lowest BCUT2D eigenvalue weighted by Gasteiger charge is -2.36. The van der Waals surface area contributed by atoms with Crippen molar-refractivity contribution >= 4 is 69.9 Å². The number of aliphatic imine (C=N–C) groups is 1. The summed E-state index contributed by atoms with van der Waals surface area (Å²) in [5.41, 5.74) is 8.54. The van der Waals surface area contributed by atoms with Gasteiger partial charge in [-0.25, -0.2) is 14.0 Å². The highest BCUT2D eigenvalue weighted by molar-refractivity contribution is 7.18. The summed E-state index contributed by atoms with van der Waals surface area (Å²) in [6.45, 7) is 6.24. The number of nitrogens with two attached hydrogens (primary N) is 1. The lowest BCUT2D eigenvalue weighted by Crippen LogP contribution is -2.55. The fourth-order valence-corrected chi connectivity index (χ4v) is 9.03. The largest absolute Gasteiger partial charge is 0.497 e. The topological polar surface area (TPSA) is 180 Å². The number of ether oxygens (including phenoxy) is 2. The Labute approximate surface area is 390 Å². The molecule has 18 heteroatoms. The van der Waals surface area contributed by atoms with Crippen LogP contribution in [0, 0.1) is 5.82 Å². The molecule has 2 saturated heterocycles. The van der Waals surface area contributed by atoms with Crippen LogP contribution in [0.15, 0.2) is 102 Å². The number of hydrogen-bond donors (Lipinski definition) is 5. The molecule has 0 radical (unpaired) electrons. The third-order valence-corrected chi connectivity index (χ3v) is 12.4. The standard InChI is InChI=1S/C30H30Cl2N4O4.C17H19FN4O2S/c1-18(2)40-25-16-23(39-3)12-13-24(25)29-34-27(19-4-8-21(31)9-5-19)28(20-6-10-22(32)11-7-20)36(29)30(38)35-15-14-33-26(37)17-35;18-11-4-1-3-10(7-11)14-8-13(22-17(19)24)15(25-14)16(23)21-12-5-2-6-20-9-12/h4-13,16,18,27-28H,14-15,17H2,1-3H3,(H,33,37);1,3-4,7-8,12,20H,2,5-6,9H2,(H,21,23)(H3,19,22,24)/t27-,28+;12-/m10/s1. The normalized spacial score (nSPS) is 18.2. The number of amides is 6. The van der Waals surface area contributed by atoms with Crippen LogP contribution in [0.1, 0.15) is 65.1 Å². The first-order chi connectivity index (χ1) is 31.3. The van der Waals surface area contributed by atoms with Crippen LogP contribution in [0.4, 0.5) is 19.7 Å². The Balaban J connectivity index is 0.000000216. The highest BCUT2D eigenvalue weighted by Crippen LogP contribution is 2.46. The highest BCUT2D eigenvalue weighted by Gasteiger charge is 2.45. The molecule has 3 atom stereocenters. The predicted molar refractivity (Wildman–Crippen MR) is 252 cm³/mol. The summed E-state index contributed by atoms with van der Waals surface area (Å²) < 4.78 is 25.1. The number of primary amides is 1. The van der Waals surface area contributed by atoms with Crippen LogP contribution in [0.2, 0.25) is 10.0 Å². The molecule has 3 aliphatic rings. The quantitative estimate of drug-likeness (QED) is 0.0933. The summed E-state index contributed by atoms with van der Waals surface area (Å²) >= 11 is 13.7. The second-order valence-corrected chi connectivity index (χ2v) is 17.7. The number of benzene rings is 4. The summed E-state index contributed by atoms with van der Waals surface area (Å²) in [6.07, 6.45) is 1.76. The maximum Gasteiger partial charge on any atom is 0.326 e. The van der Waals surface area contributed by atoms with Crippen molar-refractivity contribution in [2.75, 3.05) is 45.2 Å². The Morgan fingerprint density at radius 1 is 0.954 bits per heavy atom. The molecule has 4 aromatic carbocycles. The Morgan fingerprint density at radius 3 is 2.31 bits per heavy atom. The Bertz CT molecular complexity index is 2550. The number of amidine groups is 1. The van der Waals surface area contributed by atoms with Gasteiger partial charge >= 0.3 is 12.1 Å². The van der Waals surface area contributed by atoms with Gasteiger partial charge in [0.15, 0.2) is 0 Å². The van der Waals surface area contributed by atoms with Crippen molar-refractivity contribution in [2.45, 2.75) is 50.9 Å². The molecule has 0 saturated carbocycles. The summed E-state index contributed by atoms with van der Waals surface area (Å²) in [4.78, 5) is 59.9. The van der Waals surface area contributed by atoms with Gasteiger partial charge in [-0.2, -0.15) is 0 Å². The van der Waals surface area contributed by atoms with E-state index in [-0.39, 0.29) is 42.4 Å². The Hall–Kier alpha value is -6.20. The van der Waals surface area contributed by atoms with Gasteiger partial charge in [0.05, 0.1) is 30.5 Å². The monoisotopic (exact) mass is 942 g/mol. The van der Waals surface area contributed by atoms with Crippen LogP contribution in [0.5, 0.6) is 11.5 Å². The van der Waals surface area contributed by atoms with Crippen molar-refractivity contribution in [3.63, 3.8) is 0 Å². The van der Waals surface area contributed by atoms with Crippen molar-refractivity contribution in [3.05, 3.63) is 134 Å². The van der Waals surface area contributed by atoms with E-state index in [4.69, 9.17) is 43.4 Å². The predicted octanol–water partition coefficient (Wildman–Crippen LogP) is 8.41. The number of nitrogens with zero attached hydrogens (tertiary/aromatic N) is 3. The molecule has 0 bridgehead atoms. The number of nitrogens with one attached hydrogen (secondary N) is 4. The van der Waals surface area contributed by atoms with Crippen LogP contribution >= 0.6 is 34.5 Å². The summed E-state index contributed by atoms with van der Waals surface area (Å²) in [6, 6.07) is 26.0. The minimum atomic E-state index is -0.753. The van der Waals surface area contributed by atoms with E-state index < -0.39 is 18.1 Å². The molecule has 3 aliphatic heterocycles. The van der Waals surface area contributed by atoms with Gasteiger partial charge in [0.2, 0.25) is 5.91 Å².